The second kappa shape index (κ2) is 5.23. The molecule has 0 heterocycles. The van der Waals surface area contributed by atoms with Gasteiger partial charge in [-0.3, -0.25) is 4.79 Å². The summed E-state index contributed by atoms with van der Waals surface area (Å²) in [7, 11) is 0. The molecule has 2 fully saturated rings. The number of ketones is 1. The van der Waals surface area contributed by atoms with Gasteiger partial charge in [0, 0.05) is 12.8 Å². The Morgan fingerprint density at radius 1 is 1.10 bits per heavy atom. The zero-order valence-corrected chi connectivity index (χ0v) is 12.3. The summed E-state index contributed by atoms with van der Waals surface area (Å²) < 4.78 is 0. The molecule has 2 heteroatoms. The monoisotopic (exact) mass is 272 g/mol. The van der Waals surface area contributed by atoms with Crippen LogP contribution >= 0.6 is 0 Å². The molecule has 2 aliphatic rings. The summed E-state index contributed by atoms with van der Waals surface area (Å²) in [6, 6.07) is 7.83. The third-order valence-corrected chi connectivity index (χ3v) is 5.56. The lowest BCUT2D eigenvalue weighted by Gasteiger charge is -2.40. The van der Waals surface area contributed by atoms with Gasteiger partial charge in [0.05, 0.1) is 0 Å². The third kappa shape index (κ3) is 2.36. The number of hydrogen-bond donors (Lipinski definition) is 1. The Kier molecular flexibility index (Phi) is 3.57. The van der Waals surface area contributed by atoms with Gasteiger partial charge in [-0.25, -0.2) is 0 Å². The Morgan fingerprint density at radius 2 is 1.75 bits per heavy atom. The lowest BCUT2D eigenvalue weighted by Crippen LogP contribution is -2.35. The summed E-state index contributed by atoms with van der Waals surface area (Å²) >= 11 is 0. The standard InChI is InChI=1S/C18H24O2/c1-13-10-11-18(12-13,14-2-6-16(19)7-3-14)15-4-8-17(20)9-5-15/h2-3,6-7,13,15,19H,4-5,8-12H2,1H3. The fourth-order valence-electron chi connectivity index (χ4n) is 4.48. The van der Waals surface area contributed by atoms with Gasteiger partial charge in [0.1, 0.15) is 11.5 Å². The molecule has 0 spiro atoms. The topological polar surface area (TPSA) is 37.3 Å². The molecule has 0 amide bonds. The van der Waals surface area contributed by atoms with Crippen LogP contribution in [0, 0.1) is 11.8 Å². The molecule has 1 N–H and O–H groups in total. The minimum Gasteiger partial charge on any atom is -0.508 e. The highest BCUT2D eigenvalue weighted by Crippen LogP contribution is 2.52. The molecule has 2 saturated carbocycles. The van der Waals surface area contributed by atoms with E-state index < -0.39 is 0 Å². The Hall–Kier alpha value is -1.31. The van der Waals surface area contributed by atoms with Crippen LogP contribution in [0.3, 0.4) is 0 Å². The van der Waals surface area contributed by atoms with E-state index in [9.17, 15) is 9.90 Å². The Balaban J connectivity index is 1.92. The summed E-state index contributed by atoms with van der Waals surface area (Å²) in [6.45, 7) is 2.34. The predicted octanol–water partition coefficient (Wildman–Crippen LogP) is 4.21. The molecule has 3 rings (SSSR count). The quantitative estimate of drug-likeness (QED) is 0.875. The highest BCUT2D eigenvalue weighted by molar-refractivity contribution is 5.79. The summed E-state index contributed by atoms with van der Waals surface area (Å²) in [5.41, 5.74) is 1.62. The van der Waals surface area contributed by atoms with Crippen LogP contribution in [0.1, 0.15) is 57.4 Å². The fraction of sp³-hybridized carbons (Fsp3) is 0.611. The van der Waals surface area contributed by atoms with Crippen LogP contribution < -0.4 is 0 Å². The van der Waals surface area contributed by atoms with Gasteiger partial charge >= 0.3 is 0 Å². The molecule has 1 aromatic carbocycles. The molecular weight excluding hydrogens is 248 g/mol. The molecule has 1 aromatic rings. The van der Waals surface area contributed by atoms with Gasteiger partial charge in [-0.05, 0) is 67.1 Å². The van der Waals surface area contributed by atoms with Gasteiger partial charge in [-0.2, -0.15) is 0 Å². The molecule has 0 saturated heterocycles. The first kappa shape index (κ1) is 13.7. The zero-order chi connectivity index (χ0) is 14.2. The van der Waals surface area contributed by atoms with Crippen molar-refractivity contribution in [2.24, 2.45) is 11.8 Å². The normalized spacial score (nSPS) is 31.6. The largest absolute Gasteiger partial charge is 0.508 e. The van der Waals surface area contributed by atoms with Crippen LogP contribution in [-0.4, -0.2) is 10.9 Å². The Labute approximate surface area is 121 Å². The molecule has 2 unspecified atom stereocenters. The first-order chi connectivity index (χ1) is 9.60. The molecule has 0 radical (unpaired) electrons. The minimum atomic E-state index is 0.244. The summed E-state index contributed by atoms with van der Waals surface area (Å²) in [5, 5.41) is 9.54. The van der Waals surface area contributed by atoms with E-state index in [0.717, 1.165) is 31.6 Å². The van der Waals surface area contributed by atoms with E-state index in [1.807, 2.05) is 12.1 Å². The zero-order valence-electron chi connectivity index (χ0n) is 12.3. The van der Waals surface area contributed by atoms with E-state index in [1.165, 1.54) is 24.8 Å². The van der Waals surface area contributed by atoms with Crippen molar-refractivity contribution in [1.29, 1.82) is 0 Å². The van der Waals surface area contributed by atoms with Crippen LogP contribution in [0.15, 0.2) is 24.3 Å². The number of rotatable bonds is 2. The highest BCUT2D eigenvalue weighted by Gasteiger charge is 2.45. The van der Waals surface area contributed by atoms with E-state index in [0.29, 0.717) is 17.5 Å². The first-order valence-electron chi connectivity index (χ1n) is 7.91. The van der Waals surface area contributed by atoms with Gasteiger partial charge in [0.15, 0.2) is 0 Å². The van der Waals surface area contributed by atoms with Crippen LogP contribution in [0.5, 0.6) is 5.75 Å². The number of carbonyl (C=O) groups excluding carboxylic acids is 1. The van der Waals surface area contributed by atoms with E-state index in [4.69, 9.17) is 0 Å². The van der Waals surface area contributed by atoms with E-state index in [-0.39, 0.29) is 5.41 Å². The molecule has 0 aliphatic heterocycles. The molecule has 108 valence electrons. The van der Waals surface area contributed by atoms with Gasteiger partial charge in [0.25, 0.3) is 0 Å². The number of phenols is 1. The SMILES string of the molecule is CC1CCC(c2ccc(O)cc2)(C2CCC(=O)CC2)C1. The van der Waals surface area contributed by atoms with E-state index in [2.05, 4.69) is 19.1 Å². The number of hydrogen-bond acceptors (Lipinski definition) is 2. The molecule has 20 heavy (non-hydrogen) atoms. The molecular formula is C18H24O2. The number of benzene rings is 1. The maximum atomic E-state index is 11.5. The van der Waals surface area contributed by atoms with Crippen LogP contribution in [0.25, 0.3) is 0 Å². The van der Waals surface area contributed by atoms with Crippen molar-refractivity contribution in [2.45, 2.75) is 57.3 Å². The van der Waals surface area contributed by atoms with E-state index >= 15 is 0 Å². The average molecular weight is 272 g/mol. The van der Waals surface area contributed by atoms with Crippen molar-refractivity contribution >= 4 is 5.78 Å². The van der Waals surface area contributed by atoms with Crippen LogP contribution in [0.4, 0.5) is 0 Å². The molecule has 2 atom stereocenters. The predicted molar refractivity (Wildman–Crippen MR) is 79.8 cm³/mol. The Bertz CT molecular complexity index is 481. The van der Waals surface area contributed by atoms with Crippen molar-refractivity contribution in [3.8, 4) is 5.75 Å². The van der Waals surface area contributed by atoms with Gasteiger partial charge in [0.2, 0.25) is 0 Å². The number of aromatic hydroxyl groups is 1. The van der Waals surface area contributed by atoms with Crippen LogP contribution in [-0.2, 0) is 10.2 Å². The number of carbonyl (C=O) groups is 1. The second-order valence-corrected chi connectivity index (χ2v) is 6.86. The highest BCUT2D eigenvalue weighted by atomic mass is 16.3. The average Bonchev–Trinajstić information content (AvgIpc) is 2.84. The van der Waals surface area contributed by atoms with Crippen molar-refractivity contribution in [3.05, 3.63) is 29.8 Å². The summed E-state index contributed by atoms with van der Waals surface area (Å²) in [6.07, 6.45) is 7.37. The summed E-state index contributed by atoms with van der Waals surface area (Å²) in [5.74, 6) is 2.18. The van der Waals surface area contributed by atoms with Crippen molar-refractivity contribution < 1.29 is 9.90 Å². The smallest absolute Gasteiger partial charge is 0.132 e. The molecule has 2 nitrogen and oxygen atoms in total. The number of phenolic OH excluding ortho intramolecular Hbond substituents is 1. The van der Waals surface area contributed by atoms with Gasteiger partial charge in [-0.1, -0.05) is 19.1 Å². The lowest BCUT2D eigenvalue weighted by atomic mass is 9.63. The maximum Gasteiger partial charge on any atom is 0.132 e. The summed E-state index contributed by atoms with van der Waals surface area (Å²) in [4.78, 5) is 11.5. The molecule has 2 aliphatic carbocycles. The Morgan fingerprint density at radius 3 is 2.30 bits per heavy atom. The first-order valence-corrected chi connectivity index (χ1v) is 7.91. The van der Waals surface area contributed by atoms with Gasteiger partial charge < -0.3 is 5.11 Å². The molecule has 0 bridgehead atoms. The number of Topliss-reactive ketones (excluding diaryl/α,β-unsaturated/α-hetero) is 1. The van der Waals surface area contributed by atoms with E-state index in [1.54, 1.807) is 0 Å². The van der Waals surface area contributed by atoms with Crippen molar-refractivity contribution in [3.63, 3.8) is 0 Å². The second-order valence-electron chi connectivity index (χ2n) is 6.86. The minimum absolute atomic E-state index is 0.244. The molecule has 0 aromatic heterocycles. The van der Waals surface area contributed by atoms with Crippen molar-refractivity contribution in [1.82, 2.24) is 0 Å². The van der Waals surface area contributed by atoms with Crippen molar-refractivity contribution in [2.75, 3.05) is 0 Å². The lowest BCUT2D eigenvalue weighted by molar-refractivity contribution is -0.121. The maximum absolute atomic E-state index is 11.5. The third-order valence-electron chi connectivity index (χ3n) is 5.56. The fourth-order valence-corrected chi connectivity index (χ4v) is 4.48. The van der Waals surface area contributed by atoms with Crippen LogP contribution in [0.2, 0.25) is 0 Å². The van der Waals surface area contributed by atoms with Gasteiger partial charge in [-0.15, -0.1) is 0 Å².